The molecule has 2 nitrogen and oxygen atoms in total. The summed E-state index contributed by atoms with van der Waals surface area (Å²) in [6.45, 7) is 4.12. The number of rotatable bonds is 2. The number of nitrogens with zero attached hydrogens (tertiary/aromatic N) is 2. The fourth-order valence-corrected chi connectivity index (χ4v) is 2.06. The highest BCUT2D eigenvalue weighted by Crippen LogP contribution is 2.20. The van der Waals surface area contributed by atoms with Crippen LogP contribution in [-0.2, 0) is 6.42 Å². The van der Waals surface area contributed by atoms with Crippen LogP contribution in [0.25, 0.3) is 11.3 Å². The van der Waals surface area contributed by atoms with Crippen molar-refractivity contribution in [3.8, 4) is 11.3 Å². The molecule has 1 aromatic carbocycles. The third kappa shape index (κ3) is 2.47. The quantitative estimate of drug-likeness (QED) is 0.781. The summed E-state index contributed by atoms with van der Waals surface area (Å²) in [4.78, 5) is 8.56. The summed E-state index contributed by atoms with van der Waals surface area (Å²) >= 11 is 3.32. The second kappa shape index (κ2) is 4.74. The van der Waals surface area contributed by atoms with Crippen LogP contribution in [0.15, 0.2) is 35.1 Å². The fourth-order valence-electron chi connectivity index (χ4n) is 1.59. The van der Waals surface area contributed by atoms with Gasteiger partial charge in [-0.3, -0.25) is 0 Å². The van der Waals surface area contributed by atoms with E-state index in [1.165, 1.54) is 5.56 Å². The Morgan fingerprint density at radius 3 is 2.38 bits per heavy atom. The van der Waals surface area contributed by atoms with E-state index in [0.717, 1.165) is 23.4 Å². The smallest absolute Gasteiger partial charge is 0.197 e. The van der Waals surface area contributed by atoms with E-state index in [1.54, 1.807) is 0 Å². The van der Waals surface area contributed by atoms with E-state index >= 15 is 0 Å². The first-order valence-electron chi connectivity index (χ1n) is 5.29. The summed E-state index contributed by atoms with van der Waals surface area (Å²) in [7, 11) is 0. The largest absolute Gasteiger partial charge is 0.227 e. The Morgan fingerprint density at radius 2 is 1.81 bits per heavy atom. The molecule has 0 aliphatic carbocycles. The normalized spacial score (nSPS) is 10.4. The van der Waals surface area contributed by atoms with Gasteiger partial charge in [0.05, 0.1) is 5.69 Å². The average molecular weight is 277 g/mol. The molecule has 0 aliphatic rings. The number of benzene rings is 1. The molecular weight excluding hydrogens is 264 g/mol. The minimum Gasteiger partial charge on any atom is -0.227 e. The molecule has 0 saturated carbocycles. The molecule has 3 heteroatoms. The molecule has 2 aromatic rings. The predicted octanol–water partition coefficient (Wildman–Crippen LogP) is 3.78. The van der Waals surface area contributed by atoms with Crippen molar-refractivity contribution >= 4 is 15.9 Å². The van der Waals surface area contributed by atoms with Crippen LogP contribution in [0, 0.1) is 6.92 Å². The molecule has 0 spiro atoms. The van der Waals surface area contributed by atoms with Crippen LogP contribution >= 0.6 is 15.9 Å². The van der Waals surface area contributed by atoms with Crippen LogP contribution < -0.4 is 0 Å². The molecule has 0 N–H and O–H groups in total. The maximum Gasteiger partial charge on any atom is 0.197 e. The van der Waals surface area contributed by atoms with E-state index in [0.29, 0.717) is 4.73 Å². The Hall–Kier alpha value is -1.22. The molecule has 2 rings (SSSR count). The summed E-state index contributed by atoms with van der Waals surface area (Å²) in [5.41, 5.74) is 4.40. The van der Waals surface area contributed by atoms with Crippen molar-refractivity contribution < 1.29 is 0 Å². The van der Waals surface area contributed by atoms with Crippen molar-refractivity contribution in [1.82, 2.24) is 9.97 Å². The molecule has 82 valence electrons. The number of hydrogen-bond acceptors (Lipinski definition) is 2. The molecule has 0 saturated heterocycles. The van der Waals surface area contributed by atoms with E-state index in [9.17, 15) is 0 Å². The van der Waals surface area contributed by atoms with Gasteiger partial charge in [0.1, 0.15) is 0 Å². The summed E-state index contributed by atoms with van der Waals surface area (Å²) < 4.78 is 0.641. The van der Waals surface area contributed by atoms with Gasteiger partial charge in [-0.05, 0) is 40.9 Å². The van der Waals surface area contributed by atoms with Gasteiger partial charge >= 0.3 is 0 Å². The SMILES string of the molecule is CCc1ccc(-c2cc(C)nc(Br)n2)cc1. The topological polar surface area (TPSA) is 25.8 Å². The lowest BCUT2D eigenvalue weighted by Crippen LogP contribution is -1.91. The summed E-state index contributed by atoms with van der Waals surface area (Å²) in [6, 6.07) is 10.5. The third-order valence-electron chi connectivity index (χ3n) is 2.48. The zero-order valence-electron chi connectivity index (χ0n) is 9.37. The lowest BCUT2D eigenvalue weighted by Gasteiger charge is -2.04. The Balaban J connectivity index is 2.42. The van der Waals surface area contributed by atoms with Crippen LogP contribution in [0.1, 0.15) is 18.2 Å². The number of hydrogen-bond donors (Lipinski definition) is 0. The van der Waals surface area contributed by atoms with Gasteiger partial charge in [0.2, 0.25) is 0 Å². The zero-order valence-corrected chi connectivity index (χ0v) is 11.0. The Morgan fingerprint density at radius 1 is 1.12 bits per heavy atom. The van der Waals surface area contributed by atoms with Gasteiger partial charge in [-0.15, -0.1) is 0 Å². The van der Waals surface area contributed by atoms with Gasteiger partial charge in [0.15, 0.2) is 4.73 Å². The van der Waals surface area contributed by atoms with E-state index in [1.807, 2.05) is 13.0 Å². The van der Waals surface area contributed by atoms with Crippen LogP contribution in [0.3, 0.4) is 0 Å². The highest BCUT2D eigenvalue weighted by molar-refractivity contribution is 9.10. The molecule has 0 unspecified atom stereocenters. The first kappa shape index (κ1) is 11.3. The van der Waals surface area contributed by atoms with Crippen LogP contribution in [0.4, 0.5) is 0 Å². The maximum absolute atomic E-state index is 4.37. The second-order valence-corrected chi connectivity index (χ2v) is 4.42. The Labute approximate surface area is 104 Å². The highest BCUT2D eigenvalue weighted by atomic mass is 79.9. The van der Waals surface area contributed by atoms with Crippen molar-refractivity contribution in [2.75, 3.05) is 0 Å². The molecule has 1 aromatic heterocycles. The van der Waals surface area contributed by atoms with Crippen LogP contribution in [0.2, 0.25) is 0 Å². The van der Waals surface area contributed by atoms with Crippen molar-refractivity contribution in [3.05, 3.63) is 46.3 Å². The van der Waals surface area contributed by atoms with Gasteiger partial charge in [-0.25, -0.2) is 9.97 Å². The highest BCUT2D eigenvalue weighted by Gasteiger charge is 2.02. The lowest BCUT2D eigenvalue weighted by atomic mass is 10.1. The summed E-state index contributed by atoms with van der Waals surface area (Å²) in [5.74, 6) is 0. The van der Waals surface area contributed by atoms with Gasteiger partial charge in [0.25, 0.3) is 0 Å². The van der Waals surface area contributed by atoms with Crippen molar-refractivity contribution in [2.24, 2.45) is 0 Å². The lowest BCUT2D eigenvalue weighted by molar-refractivity contribution is 1.06. The molecule has 1 heterocycles. The first-order chi connectivity index (χ1) is 7.69. The molecule has 0 bridgehead atoms. The van der Waals surface area contributed by atoms with Crippen LogP contribution in [-0.4, -0.2) is 9.97 Å². The van der Waals surface area contributed by atoms with E-state index in [-0.39, 0.29) is 0 Å². The standard InChI is InChI=1S/C13H13BrN2/c1-3-10-4-6-11(7-5-10)12-8-9(2)15-13(14)16-12/h4-8H,3H2,1-2H3. The Kier molecular flexibility index (Phi) is 3.34. The average Bonchev–Trinajstić information content (AvgIpc) is 2.28. The van der Waals surface area contributed by atoms with Crippen LogP contribution in [0.5, 0.6) is 0 Å². The zero-order chi connectivity index (χ0) is 11.5. The molecule has 0 fully saturated rings. The van der Waals surface area contributed by atoms with E-state index in [4.69, 9.17) is 0 Å². The number of aryl methyl sites for hydroxylation is 2. The number of aromatic nitrogens is 2. The van der Waals surface area contributed by atoms with Crippen molar-refractivity contribution in [2.45, 2.75) is 20.3 Å². The first-order valence-corrected chi connectivity index (χ1v) is 6.09. The van der Waals surface area contributed by atoms with Gasteiger partial charge in [0, 0.05) is 11.3 Å². The maximum atomic E-state index is 4.37. The Bertz CT molecular complexity index is 472. The fraction of sp³-hybridized carbons (Fsp3) is 0.231. The third-order valence-corrected chi connectivity index (χ3v) is 2.84. The molecular formula is C13H13BrN2. The second-order valence-electron chi connectivity index (χ2n) is 3.71. The summed E-state index contributed by atoms with van der Waals surface area (Å²) in [6.07, 6.45) is 1.06. The molecule has 16 heavy (non-hydrogen) atoms. The van der Waals surface area contributed by atoms with Gasteiger partial charge in [-0.1, -0.05) is 31.2 Å². The van der Waals surface area contributed by atoms with Gasteiger partial charge in [-0.2, -0.15) is 0 Å². The molecule has 0 amide bonds. The number of halogens is 1. The monoisotopic (exact) mass is 276 g/mol. The van der Waals surface area contributed by atoms with Crippen molar-refractivity contribution in [3.63, 3.8) is 0 Å². The minimum atomic E-state index is 0.641. The van der Waals surface area contributed by atoms with E-state index < -0.39 is 0 Å². The van der Waals surface area contributed by atoms with Crippen molar-refractivity contribution in [1.29, 1.82) is 0 Å². The van der Waals surface area contributed by atoms with E-state index in [2.05, 4.69) is 57.1 Å². The predicted molar refractivity (Wildman–Crippen MR) is 69.3 cm³/mol. The molecule has 0 aliphatic heterocycles. The minimum absolute atomic E-state index is 0.641. The van der Waals surface area contributed by atoms with Gasteiger partial charge < -0.3 is 0 Å². The molecule has 0 radical (unpaired) electrons. The summed E-state index contributed by atoms with van der Waals surface area (Å²) in [5, 5.41) is 0. The molecule has 0 atom stereocenters.